The van der Waals surface area contributed by atoms with Gasteiger partial charge in [-0.1, -0.05) is 18.2 Å². The quantitative estimate of drug-likeness (QED) is 0.900. The lowest BCUT2D eigenvalue weighted by atomic mass is 9.71. The second-order valence-corrected chi connectivity index (χ2v) is 5.03. The van der Waals surface area contributed by atoms with Gasteiger partial charge in [-0.3, -0.25) is 4.68 Å². The molecule has 0 fully saturated rings. The summed E-state index contributed by atoms with van der Waals surface area (Å²) < 4.78 is 7.21. The summed E-state index contributed by atoms with van der Waals surface area (Å²) in [4.78, 5) is 0. The summed E-state index contributed by atoms with van der Waals surface area (Å²) in [5.74, 6) is 0.670. The number of rotatable bonds is 2. The minimum absolute atomic E-state index is 0.419. The van der Waals surface area contributed by atoms with Crippen LogP contribution in [0, 0.1) is 11.3 Å². The van der Waals surface area contributed by atoms with E-state index in [0.717, 1.165) is 5.56 Å². The Hall–Kier alpha value is -2.32. The van der Waals surface area contributed by atoms with Crippen LogP contribution in [0.3, 0.4) is 0 Å². The second-order valence-electron chi connectivity index (χ2n) is 5.03. The Morgan fingerprint density at radius 2 is 2.30 bits per heavy atom. The van der Waals surface area contributed by atoms with Gasteiger partial charge in [0.15, 0.2) is 0 Å². The molecule has 0 radical (unpaired) electrons. The van der Waals surface area contributed by atoms with E-state index in [9.17, 15) is 10.4 Å². The maximum atomic E-state index is 10.7. The van der Waals surface area contributed by atoms with Gasteiger partial charge in [-0.25, -0.2) is 0 Å². The van der Waals surface area contributed by atoms with Gasteiger partial charge >= 0.3 is 0 Å². The Morgan fingerprint density at radius 3 is 3.00 bits per heavy atom. The molecule has 1 aromatic heterocycles. The number of aromatic nitrogens is 2. The number of nitrogens with zero attached hydrogens (tertiary/aromatic N) is 3. The van der Waals surface area contributed by atoms with Gasteiger partial charge in [-0.2, -0.15) is 10.4 Å². The molecule has 5 nitrogen and oxygen atoms in total. The summed E-state index contributed by atoms with van der Waals surface area (Å²) in [7, 11) is 1.78. The highest BCUT2D eigenvalue weighted by Crippen LogP contribution is 2.46. The number of fused-ring (bicyclic) bond motifs is 1. The van der Waals surface area contributed by atoms with Crippen molar-refractivity contribution in [3.63, 3.8) is 0 Å². The molecule has 2 unspecified atom stereocenters. The van der Waals surface area contributed by atoms with Gasteiger partial charge in [0.2, 0.25) is 0 Å². The summed E-state index contributed by atoms with van der Waals surface area (Å²) in [5, 5.41) is 24.5. The first-order valence-corrected chi connectivity index (χ1v) is 6.47. The molecule has 5 heteroatoms. The van der Waals surface area contributed by atoms with Crippen LogP contribution in [0.5, 0.6) is 5.75 Å². The first-order chi connectivity index (χ1) is 9.67. The van der Waals surface area contributed by atoms with Gasteiger partial charge in [0.05, 0.1) is 18.9 Å². The third kappa shape index (κ3) is 1.77. The zero-order valence-electron chi connectivity index (χ0n) is 11.2. The van der Waals surface area contributed by atoms with Crippen molar-refractivity contribution in [2.75, 3.05) is 6.61 Å². The predicted octanol–water partition coefficient (Wildman–Crippen LogP) is 1.70. The van der Waals surface area contributed by atoms with E-state index in [0.29, 0.717) is 24.3 Å². The van der Waals surface area contributed by atoms with Crippen LogP contribution in [-0.4, -0.2) is 21.5 Å². The van der Waals surface area contributed by atoms with Crippen LogP contribution in [0.4, 0.5) is 0 Å². The standard InChI is InChI=1S/C15H15N3O2/c1-18-9-11(8-17-18)14(19)15(10-16)6-7-20-13-5-3-2-4-12(13)15/h2-5,8-9,14,19H,6-7H2,1H3. The van der Waals surface area contributed by atoms with Crippen molar-refractivity contribution in [2.45, 2.75) is 17.9 Å². The molecule has 0 spiro atoms. The minimum Gasteiger partial charge on any atom is -0.493 e. The maximum absolute atomic E-state index is 10.7. The second kappa shape index (κ2) is 4.66. The Bertz CT molecular complexity index is 674. The zero-order chi connectivity index (χ0) is 14.2. The molecule has 1 N–H and O–H groups in total. The number of hydrogen-bond acceptors (Lipinski definition) is 4. The van der Waals surface area contributed by atoms with Crippen LogP contribution in [0.1, 0.15) is 23.7 Å². The fraction of sp³-hybridized carbons (Fsp3) is 0.333. The average Bonchev–Trinajstić information content (AvgIpc) is 2.92. The van der Waals surface area contributed by atoms with Crippen molar-refractivity contribution in [1.29, 1.82) is 5.26 Å². The molecular weight excluding hydrogens is 254 g/mol. The fourth-order valence-corrected chi connectivity index (χ4v) is 2.74. The SMILES string of the molecule is Cn1cc(C(O)C2(C#N)CCOc3ccccc32)cn1. The summed E-state index contributed by atoms with van der Waals surface area (Å²) >= 11 is 0. The van der Waals surface area contributed by atoms with Crippen LogP contribution in [0.2, 0.25) is 0 Å². The molecule has 3 rings (SSSR count). The number of aliphatic hydroxyl groups excluding tert-OH is 1. The molecule has 0 aliphatic carbocycles. The van der Waals surface area contributed by atoms with Crippen molar-refractivity contribution in [2.24, 2.45) is 7.05 Å². The number of nitriles is 1. The lowest BCUT2D eigenvalue weighted by Gasteiger charge is -2.36. The van der Waals surface area contributed by atoms with Crippen LogP contribution in [0.15, 0.2) is 36.7 Å². The van der Waals surface area contributed by atoms with E-state index < -0.39 is 11.5 Å². The Labute approximate surface area is 117 Å². The largest absolute Gasteiger partial charge is 0.493 e. The van der Waals surface area contributed by atoms with Crippen LogP contribution < -0.4 is 4.74 Å². The molecule has 0 amide bonds. The van der Waals surface area contributed by atoms with E-state index in [4.69, 9.17) is 4.74 Å². The smallest absolute Gasteiger partial charge is 0.124 e. The van der Waals surface area contributed by atoms with Crippen molar-refractivity contribution in [1.82, 2.24) is 9.78 Å². The highest BCUT2D eigenvalue weighted by molar-refractivity contribution is 5.47. The third-order valence-corrected chi connectivity index (χ3v) is 3.83. The van der Waals surface area contributed by atoms with E-state index in [-0.39, 0.29) is 0 Å². The van der Waals surface area contributed by atoms with Gasteiger partial charge in [0, 0.05) is 30.8 Å². The molecule has 1 aliphatic rings. The number of benzene rings is 1. The molecule has 1 aromatic carbocycles. The Morgan fingerprint density at radius 1 is 1.50 bits per heavy atom. The first-order valence-electron chi connectivity index (χ1n) is 6.47. The summed E-state index contributed by atoms with van der Waals surface area (Å²) in [6.07, 6.45) is 2.87. The summed E-state index contributed by atoms with van der Waals surface area (Å²) in [6.45, 7) is 0.419. The van der Waals surface area contributed by atoms with Gasteiger partial charge in [0.1, 0.15) is 17.3 Å². The van der Waals surface area contributed by atoms with E-state index in [1.165, 1.54) is 0 Å². The van der Waals surface area contributed by atoms with Gasteiger partial charge < -0.3 is 9.84 Å². The number of para-hydroxylation sites is 1. The molecule has 0 saturated heterocycles. The van der Waals surface area contributed by atoms with Gasteiger partial charge in [-0.15, -0.1) is 0 Å². The van der Waals surface area contributed by atoms with Crippen molar-refractivity contribution in [3.8, 4) is 11.8 Å². The highest BCUT2D eigenvalue weighted by atomic mass is 16.5. The molecule has 20 heavy (non-hydrogen) atoms. The van der Waals surface area contributed by atoms with E-state index in [1.54, 1.807) is 24.1 Å². The van der Waals surface area contributed by atoms with E-state index >= 15 is 0 Å². The van der Waals surface area contributed by atoms with Crippen LogP contribution in [0.25, 0.3) is 0 Å². The van der Waals surface area contributed by atoms with Crippen LogP contribution in [-0.2, 0) is 12.5 Å². The first kappa shape index (κ1) is 12.7. The summed E-state index contributed by atoms with van der Waals surface area (Å²) in [5.41, 5.74) is 0.397. The molecular formula is C15H15N3O2. The van der Waals surface area contributed by atoms with Gasteiger partial charge in [0.25, 0.3) is 0 Å². The lowest BCUT2D eigenvalue weighted by Crippen LogP contribution is -2.37. The van der Waals surface area contributed by atoms with E-state index in [1.807, 2.05) is 24.3 Å². The molecule has 0 bridgehead atoms. The molecule has 2 heterocycles. The number of aryl methyl sites for hydroxylation is 1. The van der Waals surface area contributed by atoms with E-state index in [2.05, 4.69) is 11.2 Å². The number of ether oxygens (including phenoxy) is 1. The van der Waals surface area contributed by atoms with Crippen molar-refractivity contribution in [3.05, 3.63) is 47.8 Å². The number of hydrogen-bond donors (Lipinski definition) is 1. The molecule has 2 atom stereocenters. The lowest BCUT2D eigenvalue weighted by molar-refractivity contribution is 0.0806. The number of aliphatic hydroxyl groups is 1. The van der Waals surface area contributed by atoms with Gasteiger partial charge in [-0.05, 0) is 6.07 Å². The summed E-state index contributed by atoms with van der Waals surface area (Å²) in [6, 6.07) is 9.71. The zero-order valence-corrected chi connectivity index (χ0v) is 11.2. The molecule has 1 aliphatic heterocycles. The molecule has 2 aromatic rings. The van der Waals surface area contributed by atoms with Crippen molar-refractivity contribution < 1.29 is 9.84 Å². The van der Waals surface area contributed by atoms with Crippen molar-refractivity contribution >= 4 is 0 Å². The minimum atomic E-state index is -0.988. The average molecular weight is 269 g/mol. The molecule has 0 saturated carbocycles. The normalized spacial score (nSPS) is 22.4. The topological polar surface area (TPSA) is 71.1 Å². The highest BCUT2D eigenvalue weighted by Gasteiger charge is 2.45. The van der Waals surface area contributed by atoms with Crippen LogP contribution >= 0.6 is 0 Å². The third-order valence-electron chi connectivity index (χ3n) is 3.83. The predicted molar refractivity (Wildman–Crippen MR) is 72.0 cm³/mol. The maximum Gasteiger partial charge on any atom is 0.124 e. The Kier molecular flexibility index (Phi) is 2.96. The monoisotopic (exact) mass is 269 g/mol. The Balaban J connectivity index is 2.12. The molecule has 102 valence electrons. The fourth-order valence-electron chi connectivity index (χ4n) is 2.74.